The summed E-state index contributed by atoms with van der Waals surface area (Å²) < 4.78 is 5.15. The van der Waals surface area contributed by atoms with Gasteiger partial charge in [-0.2, -0.15) is 0 Å². The standard InChI is InChI=1S/C9H12O4S/c10-5-4-14-9(8(12)7(5)11)6-2-1-3-13-6/h1-3,5,7-12H,4H2/t5-,7+,8-,9+/m1/s1. The zero-order chi connectivity index (χ0) is 10.1. The van der Waals surface area contributed by atoms with Gasteiger partial charge in [0.2, 0.25) is 0 Å². The summed E-state index contributed by atoms with van der Waals surface area (Å²) in [6, 6.07) is 3.49. The number of hydrogen-bond donors (Lipinski definition) is 3. The van der Waals surface area contributed by atoms with E-state index in [1.165, 1.54) is 18.0 Å². The maximum atomic E-state index is 9.69. The quantitative estimate of drug-likeness (QED) is 0.623. The number of aliphatic hydroxyl groups excluding tert-OH is 3. The van der Waals surface area contributed by atoms with Crippen LogP contribution in [0.2, 0.25) is 0 Å². The topological polar surface area (TPSA) is 73.8 Å². The van der Waals surface area contributed by atoms with E-state index in [1.807, 2.05) is 0 Å². The van der Waals surface area contributed by atoms with Gasteiger partial charge in [0.15, 0.2) is 0 Å². The zero-order valence-electron chi connectivity index (χ0n) is 7.41. The Bertz CT molecular complexity index is 287. The van der Waals surface area contributed by atoms with E-state index in [2.05, 4.69) is 0 Å². The average Bonchev–Trinajstić information content (AvgIpc) is 2.67. The summed E-state index contributed by atoms with van der Waals surface area (Å²) in [6.07, 6.45) is -1.40. The number of rotatable bonds is 1. The van der Waals surface area contributed by atoms with Crippen molar-refractivity contribution in [1.29, 1.82) is 0 Å². The fourth-order valence-corrected chi connectivity index (χ4v) is 2.77. The summed E-state index contributed by atoms with van der Waals surface area (Å²) in [5.41, 5.74) is 0. The maximum absolute atomic E-state index is 9.69. The average molecular weight is 216 g/mol. The Morgan fingerprint density at radius 3 is 2.71 bits per heavy atom. The van der Waals surface area contributed by atoms with Crippen molar-refractivity contribution >= 4 is 11.8 Å². The van der Waals surface area contributed by atoms with Gasteiger partial charge in [0.25, 0.3) is 0 Å². The lowest BCUT2D eigenvalue weighted by Crippen LogP contribution is -2.45. The molecule has 2 heterocycles. The Balaban J connectivity index is 2.14. The van der Waals surface area contributed by atoms with Gasteiger partial charge in [-0.15, -0.1) is 11.8 Å². The van der Waals surface area contributed by atoms with Crippen LogP contribution in [0.25, 0.3) is 0 Å². The third-order valence-corrected chi connectivity index (χ3v) is 3.73. The minimum atomic E-state index is -1.09. The molecule has 2 rings (SSSR count). The first-order chi connectivity index (χ1) is 6.70. The molecule has 3 N–H and O–H groups in total. The van der Waals surface area contributed by atoms with E-state index in [0.717, 1.165) is 0 Å². The smallest absolute Gasteiger partial charge is 0.119 e. The lowest BCUT2D eigenvalue weighted by molar-refractivity contribution is -0.0572. The van der Waals surface area contributed by atoms with Crippen LogP contribution in [0.3, 0.4) is 0 Å². The molecule has 1 fully saturated rings. The van der Waals surface area contributed by atoms with E-state index in [-0.39, 0.29) is 5.25 Å². The highest BCUT2D eigenvalue weighted by Gasteiger charge is 2.39. The van der Waals surface area contributed by atoms with E-state index in [1.54, 1.807) is 12.1 Å². The molecule has 1 aliphatic rings. The summed E-state index contributed by atoms with van der Waals surface area (Å²) in [6.45, 7) is 0. The molecule has 0 unspecified atom stereocenters. The van der Waals surface area contributed by atoms with Gasteiger partial charge >= 0.3 is 0 Å². The van der Waals surface area contributed by atoms with Crippen LogP contribution in [0.15, 0.2) is 22.8 Å². The van der Waals surface area contributed by atoms with Gasteiger partial charge in [0.1, 0.15) is 18.0 Å². The molecule has 0 aliphatic carbocycles. The van der Waals surface area contributed by atoms with Crippen LogP contribution in [0.5, 0.6) is 0 Å². The number of thioether (sulfide) groups is 1. The van der Waals surface area contributed by atoms with E-state index in [9.17, 15) is 15.3 Å². The SMILES string of the molecule is O[C@@H]1[C@@H](O)[C@H](c2ccco2)SC[C@H]1O. The summed E-state index contributed by atoms with van der Waals surface area (Å²) in [4.78, 5) is 0. The maximum Gasteiger partial charge on any atom is 0.119 e. The summed E-state index contributed by atoms with van der Waals surface area (Å²) in [5.74, 6) is 1.04. The van der Waals surface area contributed by atoms with Gasteiger partial charge in [0, 0.05) is 5.75 Å². The Hall–Kier alpha value is -0.490. The first-order valence-electron chi connectivity index (χ1n) is 4.39. The minimum Gasteiger partial charge on any atom is -0.468 e. The zero-order valence-corrected chi connectivity index (χ0v) is 8.22. The molecule has 14 heavy (non-hydrogen) atoms. The molecular weight excluding hydrogens is 204 g/mol. The Morgan fingerprint density at radius 2 is 2.07 bits per heavy atom. The van der Waals surface area contributed by atoms with Crippen LogP contribution < -0.4 is 0 Å². The molecule has 78 valence electrons. The molecule has 0 aromatic carbocycles. The highest BCUT2D eigenvalue weighted by Crippen LogP contribution is 2.38. The summed E-state index contributed by atoms with van der Waals surface area (Å²) in [5, 5.41) is 28.2. The highest BCUT2D eigenvalue weighted by molar-refractivity contribution is 7.99. The molecule has 0 radical (unpaired) electrons. The molecule has 4 atom stereocenters. The van der Waals surface area contributed by atoms with Crippen molar-refractivity contribution in [2.24, 2.45) is 0 Å². The molecule has 0 bridgehead atoms. The fourth-order valence-electron chi connectivity index (χ4n) is 1.51. The van der Waals surface area contributed by atoms with Gasteiger partial charge in [-0.3, -0.25) is 0 Å². The van der Waals surface area contributed by atoms with E-state index in [4.69, 9.17) is 4.42 Å². The van der Waals surface area contributed by atoms with Crippen LogP contribution in [0.1, 0.15) is 11.0 Å². The monoisotopic (exact) mass is 216 g/mol. The second kappa shape index (κ2) is 3.94. The number of furan rings is 1. The van der Waals surface area contributed by atoms with Gasteiger partial charge in [-0.25, -0.2) is 0 Å². The molecular formula is C9H12O4S. The second-order valence-corrected chi connectivity index (χ2v) is 4.49. The molecule has 4 nitrogen and oxygen atoms in total. The van der Waals surface area contributed by atoms with E-state index >= 15 is 0 Å². The lowest BCUT2D eigenvalue weighted by atomic mass is 10.0. The Morgan fingerprint density at radius 1 is 1.29 bits per heavy atom. The molecule has 0 saturated carbocycles. The van der Waals surface area contributed by atoms with Crippen LogP contribution in [-0.2, 0) is 0 Å². The van der Waals surface area contributed by atoms with Crippen LogP contribution in [0, 0.1) is 0 Å². The van der Waals surface area contributed by atoms with Crippen molar-refractivity contribution < 1.29 is 19.7 Å². The predicted octanol–water partition coefficient (Wildman–Crippen LogP) is 0.150. The first kappa shape index (κ1) is 10.0. The second-order valence-electron chi connectivity index (χ2n) is 3.32. The Labute approximate surface area is 85.6 Å². The van der Waals surface area contributed by atoms with Crippen molar-refractivity contribution in [3.63, 3.8) is 0 Å². The van der Waals surface area contributed by atoms with Crippen LogP contribution in [-0.4, -0.2) is 39.4 Å². The van der Waals surface area contributed by atoms with Crippen molar-refractivity contribution in [3.8, 4) is 0 Å². The normalized spacial score (nSPS) is 38.5. The molecule has 0 spiro atoms. The van der Waals surface area contributed by atoms with Crippen molar-refractivity contribution in [2.45, 2.75) is 23.6 Å². The number of hydrogen-bond acceptors (Lipinski definition) is 5. The lowest BCUT2D eigenvalue weighted by Gasteiger charge is -2.33. The van der Waals surface area contributed by atoms with Gasteiger partial charge in [-0.1, -0.05) is 0 Å². The molecule has 0 amide bonds. The minimum absolute atomic E-state index is 0.289. The fraction of sp³-hybridized carbons (Fsp3) is 0.556. The molecule has 1 aromatic rings. The van der Waals surface area contributed by atoms with Crippen LogP contribution >= 0.6 is 11.8 Å². The van der Waals surface area contributed by atoms with Gasteiger partial charge < -0.3 is 19.7 Å². The summed E-state index contributed by atoms with van der Waals surface area (Å²) in [7, 11) is 0. The molecule has 1 aromatic heterocycles. The Kier molecular flexibility index (Phi) is 2.83. The van der Waals surface area contributed by atoms with Crippen molar-refractivity contribution in [2.75, 3.05) is 5.75 Å². The molecule has 1 aliphatic heterocycles. The third kappa shape index (κ3) is 1.68. The first-order valence-corrected chi connectivity index (χ1v) is 5.44. The molecule has 5 heteroatoms. The number of aliphatic hydroxyl groups is 3. The van der Waals surface area contributed by atoms with Crippen molar-refractivity contribution in [3.05, 3.63) is 24.2 Å². The van der Waals surface area contributed by atoms with E-state index < -0.39 is 18.3 Å². The largest absolute Gasteiger partial charge is 0.468 e. The third-order valence-electron chi connectivity index (χ3n) is 2.32. The van der Waals surface area contributed by atoms with E-state index in [0.29, 0.717) is 11.5 Å². The molecule has 1 saturated heterocycles. The van der Waals surface area contributed by atoms with Gasteiger partial charge in [0.05, 0.1) is 17.6 Å². The highest BCUT2D eigenvalue weighted by atomic mass is 32.2. The van der Waals surface area contributed by atoms with Crippen molar-refractivity contribution in [1.82, 2.24) is 0 Å². The van der Waals surface area contributed by atoms with Gasteiger partial charge in [-0.05, 0) is 12.1 Å². The summed E-state index contributed by atoms with van der Waals surface area (Å²) >= 11 is 1.39. The predicted molar refractivity (Wildman–Crippen MR) is 51.9 cm³/mol. The van der Waals surface area contributed by atoms with Crippen LogP contribution in [0.4, 0.5) is 0 Å².